The molecule has 0 radical (unpaired) electrons. The third-order valence-corrected chi connectivity index (χ3v) is 2.81. The number of rotatable bonds is 2. The molecule has 0 aliphatic carbocycles. The van der Waals surface area contributed by atoms with Crippen LogP contribution in [0.4, 0.5) is 0 Å². The normalized spacial score (nSPS) is 11.0. The first-order valence-corrected chi connectivity index (χ1v) is 7.62. The largest absolute Gasteiger partial charge is 1.00 e. The Balaban J connectivity index is 0.00000121. The zero-order chi connectivity index (χ0) is 8.48. The third-order valence-electron chi connectivity index (χ3n) is 1.52. The van der Waals surface area contributed by atoms with Gasteiger partial charge in [-0.3, -0.25) is 0 Å². The number of hydrogen-bond acceptors (Lipinski definition) is 1. The van der Waals surface area contributed by atoms with E-state index in [0.717, 1.165) is 6.17 Å². The summed E-state index contributed by atoms with van der Waals surface area (Å²) in [5.74, 6) is 0. The van der Waals surface area contributed by atoms with Crippen molar-refractivity contribution in [2.45, 2.75) is 32.7 Å². The summed E-state index contributed by atoms with van der Waals surface area (Å²) in [6, 6.07) is 0. The molecule has 1 aromatic heterocycles. The van der Waals surface area contributed by atoms with E-state index >= 15 is 0 Å². The zero-order valence-corrected chi connectivity index (χ0v) is 11.3. The fourth-order valence-corrected chi connectivity index (χ4v) is 2.37. The number of nitrogens with zero attached hydrogens (tertiary/aromatic N) is 1. The van der Waals surface area contributed by atoms with Crippen molar-refractivity contribution in [3.05, 3.63) is 18.4 Å². The fourth-order valence-electron chi connectivity index (χ4n) is 1.03. The Kier molecular flexibility index (Phi) is 4.47. The van der Waals surface area contributed by atoms with Crippen molar-refractivity contribution < 1.29 is 33.0 Å². The highest BCUT2D eigenvalue weighted by atomic mass is 127. The number of oxazole rings is 1. The van der Waals surface area contributed by atoms with Crippen LogP contribution in [0.15, 0.2) is 17.1 Å². The van der Waals surface area contributed by atoms with Crippen LogP contribution in [-0.4, -0.2) is 8.07 Å². The van der Waals surface area contributed by atoms with Crippen LogP contribution in [0.5, 0.6) is 0 Å². The molecule has 0 spiro atoms. The Bertz CT molecular complexity index is 241. The van der Waals surface area contributed by atoms with Crippen molar-refractivity contribution in [1.82, 2.24) is 0 Å². The van der Waals surface area contributed by atoms with E-state index in [1.165, 1.54) is 5.69 Å². The SMILES string of the molecule is Cc1coc[n+]1C[Si](C)(C)C.[I-]. The summed E-state index contributed by atoms with van der Waals surface area (Å²) in [6.45, 7) is 9.13. The quantitative estimate of drug-likeness (QED) is 0.379. The number of aryl methyl sites for hydroxylation is 1. The summed E-state index contributed by atoms with van der Waals surface area (Å²) in [5, 5.41) is 0. The van der Waals surface area contributed by atoms with Gasteiger partial charge >= 0.3 is 6.39 Å². The van der Waals surface area contributed by atoms with Crippen LogP contribution in [0.25, 0.3) is 0 Å². The Morgan fingerprint density at radius 2 is 2.00 bits per heavy atom. The molecule has 2 nitrogen and oxygen atoms in total. The lowest BCUT2D eigenvalue weighted by atomic mass is 10.6. The lowest BCUT2D eigenvalue weighted by molar-refractivity contribution is -0.689. The van der Waals surface area contributed by atoms with Gasteiger partial charge in [0.05, 0.1) is 0 Å². The summed E-state index contributed by atoms with van der Waals surface area (Å²) in [5.41, 5.74) is 1.22. The lowest BCUT2D eigenvalue weighted by Crippen LogP contribution is -3.00. The number of aromatic nitrogens is 1. The highest BCUT2D eigenvalue weighted by Crippen LogP contribution is 2.00. The standard InChI is InChI=1S/C8H16NOSi.HI/c1-8-5-10-6-9(8)7-11(2,3)4;/h5-6H,7H2,1-4H3;1H/q+1;/p-1. The number of hydrogen-bond donors (Lipinski definition) is 0. The highest BCUT2D eigenvalue weighted by Gasteiger charge is 2.22. The van der Waals surface area contributed by atoms with Gasteiger partial charge in [-0.1, -0.05) is 19.6 Å². The molecule has 1 aromatic rings. The maximum Gasteiger partial charge on any atom is 0.334 e. The first-order valence-electron chi connectivity index (χ1n) is 3.91. The zero-order valence-electron chi connectivity index (χ0n) is 8.10. The summed E-state index contributed by atoms with van der Waals surface area (Å²) in [6.07, 6.45) is 4.74. The minimum Gasteiger partial charge on any atom is -1.00 e. The molecular weight excluding hydrogens is 281 g/mol. The van der Waals surface area contributed by atoms with E-state index in [-0.39, 0.29) is 24.0 Å². The lowest BCUT2D eigenvalue weighted by Gasteiger charge is -2.08. The van der Waals surface area contributed by atoms with Gasteiger partial charge in [0.1, 0.15) is 14.2 Å². The second-order valence-corrected chi connectivity index (χ2v) is 9.63. The van der Waals surface area contributed by atoms with Crippen molar-refractivity contribution in [2.75, 3.05) is 0 Å². The molecule has 0 atom stereocenters. The fraction of sp³-hybridized carbons (Fsp3) is 0.625. The van der Waals surface area contributed by atoms with Gasteiger partial charge in [-0.15, -0.1) is 0 Å². The maximum atomic E-state index is 5.08. The summed E-state index contributed by atoms with van der Waals surface area (Å²) in [4.78, 5) is 0. The van der Waals surface area contributed by atoms with Gasteiger partial charge in [-0.2, -0.15) is 4.57 Å². The maximum absolute atomic E-state index is 5.08. The van der Waals surface area contributed by atoms with Crippen molar-refractivity contribution in [1.29, 1.82) is 0 Å². The molecule has 1 heterocycles. The Labute approximate surface area is 92.0 Å². The molecule has 0 aliphatic rings. The molecule has 12 heavy (non-hydrogen) atoms. The smallest absolute Gasteiger partial charge is 0.334 e. The third kappa shape index (κ3) is 3.71. The molecule has 0 aliphatic heterocycles. The summed E-state index contributed by atoms with van der Waals surface area (Å²) < 4.78 is 7.26. The molecule has 1 rings (SSSR count). The van der Waals surface area contributed by atoms with Crippen molar-refractivity contribution >= 4 is 8.07 Å². The molecule has 4 heteroatoms. The van der Waals surface area contributed by atoms with E-state index < -0.39 is 8.07 Å². The molecular formula is C8H16INOSi. The van der Waals surface area contributed by atoms with Gasteiger partial charge < -0.3 is 28.4 Å². The van der Waals surface area contributed by atoms with Crippen LogP contribution in [0.3, 0.4) is 0 Å². The van der Waals surface area contributed by atoms with Crippen LogP contribution >= 0.6 is 0 Å². The topological polar surface area (TPSA) is 17.0 Å². The predicted octanol–water partition coefficient (Wildman–Crippen LogP) is -1.24. The van der Waals surface area contributed by atoms with Gasteiger partial charge in [0.15, 0.2) is 6.26 Å². The number of halogens is 1. The second kappa shape index (κ2) is 4.41. The molecule has 0 saturated carbocycles. The predicted molar refractivity (Wildman–Crippen MR) is 47.0 cm³/mol. The van der Waals surface area contributed by atoms with Gasteiger partial charge in [-0.25, -0.2) is 0 Å². The van der Waals surface area contributed by atoms with E-state index in [1.54, 1.807) is 12.7 Å². The first-order chi connectivity index (χ1) is 4.99. The Morgan fingerprint density at radius 3 is 2.33 bits per heavy atom. The van der Waals surface area contributed by atoms with Crippen molar-refractivity contribution in [3.63, 3.8) is 0 Å². The van der Waals surface area contributed by atoms with E-state index in [0.29, 0.717) is 0 Å². The molecule has 0 aromatic carbocycles. The van der Waals surface area contributed by atoms with E-state index in [1.807, 2.05) is 0 Å². The van der Waals surface area contributed by atoms with Gasteiger partial charge in [0.2, 0.25) is 5.69 Å². The van der Waals surface area contributed by atoms with Crippen LogP contribution in [0.1, 0.15) is 5.69 Å². The van der Waals surface area contributed by atoms with E-state index in [9.17, 15) is 0 Å². The average Bonchev–Trinajstić information content (AvgIpc) is 2.12. The summed E-state index contributed by atoms with van der Waals surface area (Å²) >= 11 is 0. The molecule has 0 saturated heterocycles. The highest BCUT2D eigenvalue weighted by molar-refractivity contribution is 6.74. The minimum absolute atomic E-state index is 0. The van der Waals surface area contributed by atoms with Gasteiger partial charge in [-0.05, 0) is 0 Å². The molecule has 0 fully saturated rings. The van der Waals surface area contributed by atoms with Crippen molar-refractivity contribution in [3.8, 4) is 0 Å². The second-order valence-electron chi connectivity index (χ2n) is 4.19. The monoisotopic (exact) mass is 297 g/mol. The van der Waals surface area contributed by atoms with Crippen molar-refractivity contribution in [2.24, 2.45) is 0 Å². The van der Waals surface area contributed by atoms with Crippen LogP contribution in [0.2, 0.25) is 19.6 Å². The van der Waals surface area contributed by atoms with Crippen LogP contribution in [-0.2, 0) is 6.17 Å². The Hall–Kier alpha value is 0.157. The van der Waals surface area contributed by atoms with E-state index in [2.05, 4.69) is 31.1 Å². The molecule has 0 amide bonds. The Morgan fingerprint density at radius 1 is 1.42 bits per heavy atom. The van der Waals surface area contributed by atoms with Gasteiger partial charge in [0, 0.05) is 6.92 Å². The average molecular weight is 297 g/mol. The molecule has 0 N–H and O–H groups in total. The first kappa shape index (κ1) is 12.2. The summed E-state index contributed by atoms with van der Waals surface area (Å²) in [7, 11) is -0.990. The van der Waals surface area contributed by atoms with E-state index in [4.69, 9.17) is 4.42 Å². The molecule has 0 bridgehead atoms. The van der Waals surface area contributed by atoms with Gasteiger partial charge in [0.25, 0.3) is 0 Å². The van der Waals surface area contributed by atoms with Crippen LogP contribution in [0, 0.1) is 6.92 Å². The minimum atomic E-state index is -0.990. The van der Waals surface area contributed by atoms with Crippen LogP contribution < -0.4 is 28.5 Å². The molecule has 0 unspecified atom stereocenters. The molecule has 70 valence electrons.